The number of ether oxygens (including phenoxy) is 3. The lowest BCUT2D eigenvalue weighted by Gasteiger charge is -2.33. The molecule has 1 atom stereocenters. The van der Waals surface area contributed by atoms with Crippen LogP contribution in [0.4, 0.5) is 0 Å². The monoisotopic (exact) mass is 240 g/mol. The third kappa shape index (κ3) is 2.43. The first-order valence-corrected chi connectivity index (χ1v) is 5.38. The van der Waals surface area contributed by atoms with Crippen molar-refractivity contribution >= 4 is 5.78 Å². The van der Waals surface area contributed by atoms with Crippen LogP contribution < -0.4 is 0 Å². The van der Waals surface area contributed by atoms with E-state index in [1.807, 2.05) is 0 Å². The third-order valence-corrected chi connectivity index (χ3v) is 2.13. The number of carbonyl (C=O) groups is 1. The molecular formula is C12H16O5. The van der Waals surface area contributed by atoms with Crippen LogP contribution in [0.2, 0.25) is 0 Å². The topological polar surface area (TPSA) is 65.0 Å². The van der Waals surface area contributed by atoms with Gasteiger partial charge in [0.25, 0.3) is 11.4 Å². The average molecular weight is 240 g/mol. The van der Waals surface area contributed by atoms with E-state index in [0.29, 0.717) is 13.2 Å². The van der Waals surface area contributed by atoms with Gasteiger partial charge in [-0.05, 0) is 19.8 Å². The molecule has 0 amide bonds. The second-order valence-electron chi connectivity index (χ2n) is 3.30. The molecule has 0 aliphatic heterocycles. The predicted octanol–water partition coefficient (Wildman–Crippen LogP) is 0.235. The Morgan fingerprint density at radius 2 is 1.94 bits per heavy atom. The minimum atomic E-state index is -1.88. The summed E-state index contributed by atoms with van der Waals surface area (Å²) < 4.78 is 15.0. The molecule has 1 aliphatic rings. The smallest absolute Gasteiger partial charge is 0.254 e. The molecule has 1 rings (SSSR count). The highest BCUT2D eigenvalue weighted by Crippen LogP contribution is 2.36. The second-order valence-corrected chi connectivity index (χ2v) is 3.30. The van der Waals surface area contributed by atoms with Gasteiger partial charge in [0.1, 0.15) is 6.61 Å². The van der Waals surface area contributed by atoms with E-state index in [9.17, 15) is 9.90 Å². The molecule has 1 N–H and O–H groups in total. The minimum Gasteiger partial charge on any atom is -0.490 e. The molecule has 0 spiro atoms. The molecule has 0 heterocycles. The molecule has 0 aromatic carbocycles. The van der Waals surface area contributed by atoms with Gasteiger partial charge in [-0.3, -0.25) is 4.79 Å². The SMILES string of the molecule is CCOC1=C(OCC)C(O)(C#CCOC)C1=O. The summed E-state index contributed by atoms with van der Waals surface area (Å²) in [7, 11) is 1.48. The number of carbonyl (C=O) groups excluding carboxylic acids is 1. The number of rotatable bonds is 5. The quantitative estimate of drug-likeness (QED) is 0.697. The van der Waals surface area contributed by atoms with Crippen LogP contribution in [0.5, 0.6) is 0 Å². The van der Waals surface area contributed by atoms with E-state index in [1.165, 1.54) is 7.11 Å². The van der Waals surface area contributed by atoms with E-state index in [0.717, 1.165) is 0 Å². The lowest BCUT2D eigenvalue weighted by Crippen LogP contribution is -2.51. The van der Waals surface area contributed by atoms with E-state index in [1.54, 1.807) is 13.8 Å². The number of hydrogen-bond donors (Lipinski definition) is 1. The van der Waals surface area contributed by atoms with Gasteiger partial charge in [0.2, 0.25) is 5.76 Å². The summed E-state index contributed by atoms with van der Waals surface area (Å²) >= 11 is 0. The first kappa shape index (κ1) is 13.6. The van der Waals surface area contributed by atoms with Crippen LogP contribution in [0, 0.1) is 11.8 Å². The molecule has 0 radical (unpaired) electrons. The molecule has 94 valence electrons. The minimum absolute atomic E-state index is 0.0589. The van der Waals surface area contributed by atoms with E-state index >= 15 is 0 Å². The Morgan fingerprint density at radius 3 is 2.47 bits per heavy atom. The van der Waals surface area contributed by atoms with Crippen LogP contribution in [-0.2, 0) is 19.0 Å². The molecule has 17 heavy (non-hydrogen) atoms. The third-order valence-electron chi connectivity index (χ3n) is 2.13. The van der Waals surface area contributed by atoms with Crippen molar-refractivity contribution in [1.29, 1.82) is 0 Å². The van der Waals surface area contributed by atoms with Crippen molar-refractivity contribution in [3.63, 3.8) is 0 Å². The average Bonchev–Trinajstić information content (AvgIpc) is 2.33. The summed E-state index contributed by atoms with van der Waals surface area (Å²) in [5.74, 6) is 4.57. The standard InChI is InChI=1S/C12H16O5/c1-4-16-9-10(13)12(14,7-6-8-15-3)11(9)17-5-2/h14H,4-5,8H2,1-3H3. The van der Waals surface area contributed by atoms with E-state index in [2.05, 4.69) is 11.8 Å². The van der Waals surface area contributed by atoms with Crippen LogP contribution in [0.15, 0.2) is 11.5 Å². The fourth-order valence-electron chi connectivity index (χ4n) is 1.41. The summed E-state index contributed by atoms with van der Waals surface area (Å²) in [4.78, 5) is 11.7. The first-order valence-electron chi connectivity index (χ1n) is 5.38. The molecule has 0 fully saturated rings. The van der Waals surface area contributed by atoms with Crippen LogP contribution >= 0.6 is 0 Å². The van der Waals surface area contributed by atoms with E-state index < -0.39 is 11.4 Å². The Kier molecular flexibility index (Phi) is 4.55. The Hall–Kier alpha value is -1.51. The summed E-state index contributed by atoms with van der Waals surface area (Å²) in [6.45, 7) is 4.30. The van der Waals surface area contributed by atoms with Gasteiger partial charge in [0, 0.05) is 7.11 Å². The highest BCUT2D eigenvalue weighted by Gasteiger charge is 2.56. The maximum absolute atomic E-state index is 11.7. The Bertz CT molecular complexity index is 387. The zero-order valence-electron chi connectivity index (χ0n) is 10.2. The number of hydrogen-bond acceptors (Lipinski definition) is 5. The molecule has 5 heteroatoms. The van der Waals surface area contributed by atoms with Crippen molar-refractivity contribution in [1.82, 2.24) is 0 Å². The maximum atomic E-state index is 11.7. The Labute approximate surface area is 100 Å². The number of aliphatic hydroxyl groups is 1. The molecular weight excluding hydrogens is 224 g/mol. The van der Waals surface area contributed by atoms with Gasteiger partial charge in [-0.2, -0.15) is 0 Å². The largest absolute Gasteiger partial charge is 0.490 e. The van der Waals surface area contributed by atoms with Crippen molar-refractivity contribution in [2.45, 2.75) is 19.4 Å². The number of ketones is 1. The van der Waals surface area contributed by atoms with Gasteiger partial charge in [-0.1, -0.05) is 5.92 Å². The molecule has 5 nitrogen and oxygen atoms in total. The molecule has 0 saturated carbocycles. The van der Waals surface area contributed by atoms with Crippen LogP contribution in [0.3, 0.4) is 0 Å². The van der Waals surface area contributed by atoms with Crippen molar-refractivity contribution in [2.24, 2.45) is 0 Å². The number of methoxy groups -OCH3 is 1. The predicted molar refractivity (Wildman–Crippen MR) is 59.9 cm³/mol. The van der Waals surface area contributed by atoms with Crippen LogP contribution in [0.1, 0.15) is 13.8 Å². The van der Waals surface area contributed by atoms with Crippen molar-refractivity contribution in [3.8, 4) is 11.8 Å². The molecule has 1 unspecified atom stereocenters. The number of Topliss-reactive ketones (excluding diaryl/α,β-unsaturated/α-hetero) is 1. The first-order chi connectivity index (χ1) is 8.11. The second kappa shape index (κ2) is 5.71. The highest BCUT2D eigenvalue weighted by atomic mass is 16.5. The van der Waals surface area contributed by atoms with Crippen LogP contribution in [0.25, 0.3) is 0 Å². The van der Waals surface area contributed by atoms with Gasteiger partial charge >= 0.3 is 0 Å². The summed E-state index contributed by atoms with van der Waals surface area (Å²) in [6, 6.07) is 0. The van der Waals surface area contributed by atoms with Crippen molar-refractivity contribution < 1.29 is 24.1 Å². The van der Waals surface area contributed by atoms with Gasteiger partial charge in [-0.15, -0.1) is 0 Å². The van der Waals surface area contributed by atoms with Gasteiger partial charge in [0.05, 0.1) is 13.2 Å². The lowest BCUT2D eigenvalue weighted by atomic mass is 9.83. The lowest BCUT2D eigenvalue weighted by molar-refractivity contribution is -0.140. The summed E-state index contributed by atoms with van der Waals surface area (Å²) in [5, 5.41) is 10.1. The van der Waals surface area contributed by atoms with E-state index in [4.69, 9.17) is 14.2 Å². The van der Waals surface area contributed by atoms with Crippen molar-refractivity contribution in [3.05, 3.63) is 11.5 Å². The molecule has 0 aromatic heterocycles. The summed E-state index contributed by atoms with van der Waals surface area (Å²) in [5.41, 5.74) is -1.88. The van der Waals surface area contributed by atoms with Gasteiger partial charge < -0.3 is 19.3 Å². The Balaban J connectivity index is 2.95. The molecule has 0 saturated heterocycles. The molecule has 0 bridgehead atoms. The zero-order valence-corrected chi connectivity index (χ0v) is 10.2. The fourth-order valence-corrected chi connectivity index (χ4v) is 1.41. The van der Waals surface area contributed by atoms with Crippen molar-refractivity contribution in [2.75, 3.05) is 26.9 Å². The molecule has 1 aliphatic carbocycles. The normalized spacial score (nSPS) is 22.7. The van der Waals surface area contributed by atoms with Gasteiger partial charge in [0.15, 0.2) is 5.76 Å². The molecule has 0 aromatic rings. The Morgan fingerprint density at radius 1 is 1.29 bits per heavy atom. The van der Waals surface area contributed by atoms with Gasteiger partial charge in [-0.25, -0.2) is 0 Å². The maximum Gasteiger partial charge on any atom is 0.254 e. The fraction of sp³-hybridized carbons (Fsp3) is 0.583. The summed E-state index contributed by atoms with van der Waals surface area (Å²) in [6.07, 6.45) is 0. The highest BCUT2D eigenvalue weighted by molar-refractivity contribution is 6.12. The zero-order chi connectivity index (χ0) is 12.9. The van der Waals surface area contributed by atoms with E-state index in [-0.39, 0.29) is 18.1 Å². The van der Waals surface area contributed by atoms with Crippen LogP contribution in [-0.4, -0.2) is 43.4 Å².